The fraction of sp³-hybridized carbons (Fsp3) is 0.977. The number of amides is 1. The van der Waals surface area contributed by atoms with E-state index in [0.717, 1.165) is 32.1 Å². The summed E-state index contributed by atoms with van der Waals surface area (Å²) in [5, 5.41) is 2.98. The Hall–Kier alpha value is -0.810. The largest absolute Gasteiger partial charge is 0.446 e. The number of carbonyl (C=O) groups is 1. The Bertz CT molecular complexity index is 689. The summed E-state index contributed by atoms with van der Waals surface area (Å²) in [6.45, 7) is 16.6. The summed E-state index contributed by atoms with van der Waals surface area (Å²) in [5.74, 6) is 0. The van der Waals surface area contributed by atoms with Crippen LogP contribution in [0.4, 0.5) is 4.79 Å². The molecule has 0 radical (unpaired) electrons. The molecule has 0 aromatic rings. The van der Waals surface area contributed by atoms with Gasteiger partial charge in [0.05, 0.1) is 17.8 Å². The number of unbranched alkanes of at least 4 members (excludes halogenated alkanes) is 25. The SMILES string of the molecule is CCCCCCCCCCCCCCCCCC(CCCCCCCCCCCCCC)OC(=O)NCCCOC(C)(C)COC(C)(C)C. The molecule has 1 amide bonds. The van der Waals surface area contributed by atoms with E-state index in [1.54, 1.807) is 0 Å². The highest BCUT2D eigenvalue weighted by atomic mass is 16.6. The van der Waals surface area contributed by atoms with Crippen molar-refractivity contribution in [2.45, 2.75) is 258 Å². The standard InChI is InChI=1S/C44H89NO4/c1-8-10-12-14-16-18-20-22-23-24-26-28-30-32-34-37-41(36-33-31-29-27-25-21-19-17-15-13-11-9-2)49-42(46)45-38-35-39-47-44(6,7)40-48-43(3,4)5/h41H,8-40H2,1-7H3,(H,45,46). The molecule has 0 heterocycles. The van der Waals surface area contributed by atoms with E-state index in [9.17, 15) is 4.79 Å². The zero-order chi connectivity index (χ0) is 36.3. The monoisotopic (exact) mass is 696 g/mol. The topological polar surface area (TPSA) is 56.8 Å². The van der Waals surface area contributed by atoms with Gasteiger partial charge in [0.15, 0.2) is 0 Å². The number of hydrogen-bond donors (Lipinski definition) is 1. The Kier molecular flexibility index (Phi) is 33.7. The van der Waals surface area contributed by atoms with Gasteiger partial charge in [-0.15, -0.1) is 0 Å². The number of hydrogen-bond acceptors (Lipinski definition) is 4. The first-order chi connectivity index (χ1) is 23.6. The van der Waals surface area contributed by atoms with Gasteiger partial charge in [-0.3, -0.25) is 0 Å². The zero-order valence-electron chi connectivity index (χ0n) is 34.5. The third kappa shape index (κ3) is 38.3. The number of carbonyl (C=O) groups excluding carboxylic acids is 1. The van der Waals surface area contributed by atoms with Crippen LogP contribution >= 0.6 is 0 Å². The second-order valence-corrected chi connectivity index (χ2v) is 16.7. The minimum atomic E-state index is -0.347. The van der Waals surface area contributed by atoms with E-state index in [2.05, 4.69) is 53.8 Å². The van der Waals surface area contributed by atoms with Gasteiger partial charge in [-0.05, 0) is 66.7 Å². The van der Waals surface area contributed by atoms with Gasteiger partial charge in [0.25, 0.3) is 0 Å². The van der Waals surface area contributed by atoms with Crippen molar-refractivity contribution in [2.24, 2.45) is 0 Å². The fourth-order valence-corrected chi connectivity index (χ4v) is 6.45. The quantitative estimate of drug-likeness (QED) is 0.0657. The normalized spacial score (nSPS) is 12.8. The lowest BCUT2D eigenvalue weighted by molar-refractivity contribution is -0.114. The van der Waals surface area contributed by atoms with Gasteiger partial charge in [0, 0.05) is 13.2 Å². The van der Waals surface area contributed by atoms with Crippen molar-refractivity contribution in [3.63, 3.8) is 0 Å². The van der Waals surface area contributed by atoms with Crippen molar-refractivity contribution in [3.05, 3.63) is 0 Å². The third-order valence-electron chi connectivity index (χ3n) is 9.72. The summed E-state index contributed by atoms with van der Waals surface area (Å²) < 4.78 is 17.9. The van der Waals surface area contributed by atoms with Crippen LogP contribution in [0.3, 0.4) is 0 Å². The molecular weight excluding hydrogens is 606 g/mol. The van der Waals surface area contributed by atoms with E-state index in [1.807, 2.05) is 0 Å². The molecule has 0 bridgehead atoms. The van der Waals surface area contributed by atoms with Crippen LogP contribution in [-0.2, 0) is 14.2 Å². The maximum absolute atomic E-state index is 12.7. The van der Waals surface area contributed by atoms with Crippen LogP contribution < -0.4 is 5.32 Å². The van der Waals surface area contributed by atoms with Crippen molar-refractivity contribution in [1.82, 2.24) is 5.32 Å². The number of alkyl carbamates (subject to hydrolysis) is 1. The maximum Gasteiger partial charge on any atom is 0.407 e. The number of rotatable bonds is 37. The van der Waals surface area contributed by atoms with E-state index < -0.39 is 0 Å². The van der Waals surface area contributed by atoms with E-state index >= 15 is 0 Å². The van der Waals surface area contributed by atoms with Crippen LogP contribution in [-0.4, -0.2) is 43.2 Å². The molecule has 0 fully saturated rings. The molecule has 0 saturated heterocycles. The highest BCUT2D eigenvalue weighted by Gasteiger charge is 2.22. The van der Waals surface area contributed by atoms with Crippen molar-refractivity contribution in [1.29, 1.82) is 0 Å². The number of ether oxygens (including phenoxy) is 3. The van der Waals surface area contributed by atoms with Crippen LogP contribution in [0.15, 0.2) is 0 Å². The first-order valence-corrected chi connectivity index (χ1v) is 21.8. The smallest absolute Gasteiger partial charge is 0.407 e. The second-order valence-electron chi connectivity index (χ2n) is 16.7. The van der Waals surface area contributed by atoms with Gasteiger partial charge in [-0.2, -0.15) is 0 Å². The average Bonchev–Trinajstić information content (AvgIpc) is 3.05. The lowest BCUT2D eigenvalue weighted by atomic mass is 10.0. The van der Waals surface area contributed by atoms with Crippen LogP contribution in [0.1, 0.15) is 241 Å². The molecule has 0 aromatic carbocycles. The molecule has 5 nitrogen and oxygen atoms in total. The second kappa shape index (κ2) is 34.3. The molecule has 0 rings (SSSR count). The lowest BCUT2D eigenvalue weighted by Crippen LogP contribution is -2.36. The van der Waals surface area contributed by atoms with Crippen LogP contribution in [0.5, 0.6) is 0 Å². The minimum Gasteiger partial charge on any atom is -0.446 e. The van der Waals surface area contributed by atoms with Crippen LogP contribution in [0, 0.1) is 0 Å². The molecular formula is C44H89NO4. The Morgan fingerprint density at radius 2 is 0.837 bits per heavy atom. The molecule has 0 aromatic heterocycles. The van der Waals surface area contributed by atoms with Crippen LogP contribution in [0.25, 0.3) is 0 Å². The summed E-state index contributed by atoms with van der Waals surface area (Å²) >= 11 is 0. The predicted molar refractivity (Wildman–Crippen MR) is 214 cm³/mol. The van der Waals surface area contributed by atoms with Gasteiger partial charge in [0.1, 0.15) is 6.10 Å². The molecule has 5 heteroatoms. The molecule has 294 valence electrons. The minimum absolute atomic E-state index is 0.0369. The molecule has 0 aliphatic carbocycles. The summed E-state index contributed by atoms with van der Waals surface area (Å²) in [4.78, 5) is 12.7. The highest BCUT2D eigenvalue weighted by Crippen LogP contribution is 2.19. The first-order valence-electron chi connectivity index (χ1n) is 21.8. The van der Waals surface area contributed by atoms with E-state index in [-0.39, 0.29) is 23.4 Å². The molecule has 0 aliphatic rings. The highest BCUT2D eigenvalue weighted by molar-refractivity contribution is 5.67. The average molecular weight is 696 g/mol. The Labute approximate surface area is 307 Å². The van der Waals surface area contributed by atoms with E-state index in [0.29, 0.717) is 19.8 Å². The van der Waals surface area contributed by atoms with Gasteiger partial charge in [-0.25, -0.2) is 4.79 Å². The molecule has 1 atom stereocenters. The van der Waals surface area contributed by atoms with Gasteiger partial charge >= 0.3 is 6.09 Å². The Morgan fingerprint density at radius 3 is 1.18 bits per heavy atom. The third-order valence-corrected chi connectivity index (χ3v) is 9.72. The molecule has 1 N–H and O–H groups in total. The fourth-order valence-electron chi connectivity index (χ4n) is 6.45. The van der Waals surface area contributed by atoms with Crippen molar-refractivity contribution < 1.29 is 19.0 Å². The van der Waals surface area contributed by atoms with Gasteiger partial charge in [-0.1, -0.05) is 174 Å². The van der Waals surface area contributed by atoms with Crippen molar-refractivity contribution >= 4 is 6.09 Å². The van der Waals surface area contributed by atoms with Gasteiger partial charge in [0.2, 0.25) is 0 Å². The molecule has 0 aliphatic heterocycles. The Balaban J connectivity index is 4.23. The Morgan fingerprint density at radius 1 is 0.490 bits per heavy atom. The van der Waals surface area contributed by atoms with Crippen LogP contribution in [0.2, 0.25) is 0 Å². The summed E-state index contributed by atoms with van der Waals surface area (Å²) in [6, 6.07) is 0. The van der Waals surface area contributed by atoms with Crippen molar-refractivity contribution in [3.8, 4) is 0 Å². The summed E-state index contributed by atoms with van der Waals surface area (Å²) in [7, 11) is 0. The maximum atomic E-state index is 12.7. The molecule has 0 saturated carbocycles. The van der Waals surface area contributed by atoms with Crippen molar-refractivity contribution in [2.75, 3.05) is 19.8 Å². The summed E-state index contributed by atoms with van der Waals surface area (Å²) in [6.07, 6.45) is 39.4. The van der Waals surface area contributed by atoms with E-state index in [4.69, 9.17) is 14.2 Å². The zero-order valence-corrected chi connectivity index (χ0v) is 34.5. The lowest BCUT2D eigenvalue weighted by Gasteiger charge is -2.30. The number of nitrogens with one attached hydrogen (secondary N) is 1. The first kappa shape index (κ1) is 48.2. The van der Waals surface area contributed by atoms with E-state index in [1.165, 1.54) is 161 Å². The van der Waals surface area contributed by atoms with Gasteiger partial charge < -0.3 is 19.5 Å². The molecule has 0 spiro atoms. The summed E-state index contributed by atoms with van der Waals surface area (Å²) in [5.41, 5.74) is -0.525. The molecule has 49 heavy (non-hydrogen) atoms. The molecule has 1 unspecified atom stereocenters. The predicted octanol–water partition coefficient (Wildman–Crippen LogP) is 14.4.